The summed E-state index contributed by atoms with van der Waals surface area (Å²) in [5.41, 5.74) is -0.434. The summed E-state index contributed by atoms with van der Waals surface area (Å²) in [4.78, 5) is 25.1. The highest BCUT2D eigenvalue weighted by Crippen LogP contribution is 2.28. The molecular formula is C16H27N3O3. The highest BCUT2D eigenvalue weighted by atomic mass is 16.6. The third-order valence-electron chi connectivity index (χ3n) is 3.75. The SMILES string of the molecule is CN(C#N)C(=O)[C@H](CC1CCCCC1)OC(=O)NC(C)(C)C. The quantitative estimate of drug-likeness (QED) is 0.639. The normalized spacial score (nSPS) is 17.2. The predicted molar refractivity (Wildman–Crippen MR) is 82.7 cm³/mol. The highest BCUT2D eigenvalue weighted by Gasteiger charge is 2.30. The summed E-state index contributed by atoms with van der Waals surface area (Å²) < 4.78 is 5.32. The van der Waals surface area contributed by atoms with Gasteiger partial charge in [0.25, 0.3) is 5.91 Å². The average Bonchev–Trinajstić information content (AvgIpc) is 2.44. The fraction of sp³-hybridized carbons (Fsp3) is 0.812. The van der Waals surface area contributed by atoms with Crippen LogP contribution < -0.4 is 5.32 Å². The number of amides is 2. The number of hydrogen-bond donors (Lipinski definition) is 1. The first-order chi connectivity index (χ1) is 10.2. The molecule has 0 heterocycles. The van der Waals surface area contributed by atoms with Crippen LogP contribution in [0.5, 0.6) is 0 Å². The van der Waals surface area contributed by atoms with Crippen LogP contribution >= 0.6 is 0 Å². The molecule has 0 unspecified atom stereocenters. The lowest BCUT2D eigenvalue weighted by atomic mass is 9.85. The number of ether oxygens (including phenoxy) is 1. The van der Waals surface area contributed by atoms with E-state index in [2.05, 4.69) is 5.32 Å². The fourth-order valence-electron chi connectivity index (χ4n) is 2.66. The number of nitrogens with one attached hydrogen (secondary N) is 1. The first-order valence-electron chi connectivity index (χ1n) is 7.89. The molecule has 0 bridgehead atoms. The van der Waals surface area contributed by atoms with Gasteiger partial charge < -0.3 is 10.1 Å². The Morgan fingerprint density at radius 3 is 2.41 bits per heavy atom. The molecule has 124 valence electrons. The Kier molecular flexibility index (Phi) is 6.66. The van der Waals surface area contributed by atoms with Gasteiger partial charge in [0.05, 0.1) is 0 Å². The second-order valence-electron chi connectivity index (χ2n) is 7.01. The predicted octanol–water partition coefficient (Wildman–Crippen LogP) is 2.79. The average molecular weight is 309 g/mol. The third-order valence-corrected chi connectivity index (χ3v) is 3.75. The van der Waals surface area contributed by atoms with Crippen LogP contribution in [0, 0.1) is 17.4 Å². The van der Waals surface area contributed by atoms with Crippen LogP contribution in [0.3, 0.4) is 0 Å². The number of carbonyl (C=O) groups excluding carboxylic acids is 2. The van der Waals surface area contributed by atoms with E-state index < -0.39 is 23.6 Å². The summed E-state index contributed by atoms with van der Waals surface area (Å²) in [5, 5.41) is 11.6. The Balaban J connectivity index is 2.70. The molecule has 1 rings (SSSR count). The number of carbonyl (C=O) groups is 2. The number of hydrogen-bond acceptors (Lipinski definition) is 4. The molecule has 0 radical (unpaired) electrons. The Morgan fingerprint density at radius 1 is 1.32 bits per heavy atom. The highest BCUT2D eigenvalue weighted by molar-refractivity contribution is 5.84. The van der Waals surface area contributed by atoms with E-state index in [9.17, 15) is 9.59 Å². The number of likely N-dealkylation sites (N-methyl/N-ethyl adjacent to an activating group) is 1. The third kappa shape index (κ3) is 6.33. The van der Waals surface area contributed by atoms with Crippen molar-refractivity contribution in [3.8, 4) is 6.19 Å². The second-order valence-corrected chi connectivity index (χ2v) is 7.01. The number of alkyl carbamates (subject to hydrolysis) is 1. The molecular weight excluding hydrogens is 282 g/mol. The molecule has 1 atom stereocenters. The molecule has 0 spiro atoms. The van der Waals surface area contributed by atoms with Gasteiger partial charge >= 0.3 is 6.09 Å². The summed E-state index contributed by atoms with van der Waals surface area (Å²) in [7, 11) is 1.39. The largest absolute Gasteiger partial charge is 0.436 e. The molecule has 1 aliphatic rings. The standard InChI is InChI=1S/C16H27N3O3/c1-16(2,3)18-15(21)22-13(14(20)19(4)11-17)10-12-8-6-5-7-9-12/h12-13H,5-10H2,1-4H3,(H,18,21)/t13-/m0/s1. The van der Waals surface area contributed by atoms with Crippen molar-refractivity contribution in [1.29, 1.82) is 5.26 Å². The van der Waals surface area contributed by atoms with Gasteiger partial charge in [0.15, 0.2) is 12.3 Å². The van der Waals surface area contributed by atoms with Crippen molar-refractivity contribution >= 4 is 12.0 Å². The molecule has 0 aliphatic heterocycles. The van der Waals surface area contributed by atoms with Gasteiger partial charge in [-0.2, -0.15) is 5.26 Å². The first-order valence-corrected chi connectivity index (χ1v) is 7.89. The first kappa shape index (κ1) is 18.3. The van der Waals surface area contributed by atoms with E-state index in [4.69, 9.17) is 10.00 Å². The zero-order chi connectivity index (χ0) is 16.8. The van der Waals surface area contributed by atoms with Gasteiger partial charge in [0.1, 0.15) is 0 Å². The van der Waals surface area contributed by atoms with Gasteiger partial charge in [-0.3, -0.25) is 4.79 Å². The van der Waals surface area contributed by atoms with Crippen LogP contribution in [0.15, 0.2) is 0 Å². The van der Waals surface area contributed by atoms with Gasteiger partial charge in [-0.05, 0) is 33.1 Å². The number of nitriles is 1. The molecule has 2 amide bonds. The van der Waals surface area contributed by atoms with Crippen LogP contribution in [0.1, 0.15) is 59.3 Å². The van der Waals surface area contributed by atoms with Crippen molar-refractivity contribution < 1.29 is 14.3 Å². The maximum Gasteiger partial charge on any atom is 0.408 e. The molecule has 0 aromatic carbocycles. The number of nitrogens with zero attached hydrogens (tertiary/aromatic N) is 2. The molecule has 1 aliphatic carbocycles. The minimum Gasteiger partial charge on any atom is -0.436 e. The minimum atomic E-state index is -0.893. The van der Waals surface area contributed by atoms with E-state index in [0.29, 0.717) is 12.3 Å². The van der Waals surface area contributed by atoms with Gasteiger partial charge in [0, 0.05) is 12.6 Å². The zero-order valence-electron chi connectivity index (χ0n) is 14.0. The van der Waals surface area contributed by atoms with Crippen LogP contribution in [-0.4, -0.2) is 35.6 Å². The second kappa shape index (κ2) is 8.02. The summed E-state index contributed by atoms with van der Waals surface area (Å²) in [6.45, 7) is 5.52. The van der Waals surface area contributed by atoms with Crippen molar-refractivity contribution in [2.24, 2.45) is 5.92 Å². The van der Waals surface area contributed by atoms with E-state index in [-0.39, 0.29) is 0 Å². The van der Waals surface area contributed by atoms with Crippen molar-refractivity contribution in [3.63, 3.8) is 0 Å². The van der Waals surface area contributed by atoms with Gasteiger partial charge in [-0.25, -0.2) is 9.69 Å². The lowest BCUT2D eigenvalue weighted by molar-refractivity contribution is -0.137. The molecule has 6 nitrogen and oxygen atoms in total. The monoisotopic (exact) mass is 309 g/mol. The Labute approximate surface area is 132 Å². The lowest BCUT2D eigenvalue weighted by Gasteiger charge is -2.28. The van der Waals surface area contributed by atoms with Gasteiger partial charge in [0.2, 0.25) is 0 Å². The van der Waals surface area contributed by atoms with Crippen LogP contribution in [0.4, 0.5) is 4.79 Å². The topological polar surface area (TPSA) is 82.4 Å². The van der Waals surface area contributed by atoms with Gasteiger partial charge in [-0.1, -0.05) is 32.1 Å². The van der Waals surface area contributed by atoms with Crippen LogP contribution in [0.2, 0.25) is 0 Å². The molecule has 0 aromatic rings. The molecule has 22 heavy (non-hydrogen) atoms. The van der Waals surface area contributed by atoms with Crippen molar-refractivity contribution in [2.45, 2.75) is 70.9 Å². The molecule has 1 saturated carbocycles. The molecule has 0 aromatic heterocycles. The maximum absolute atomic E-state index is 12.2. The zero-order valence-corrected chi connectivity index (χ0v) is 14.0. The van der Waals surface area contributed by atoms with E-state index in [1.54, 1.807) is 6.19 Å². The Bertz CT molecular complexity index is 431. The molecule has 6 heteroatoms. The van der Waals surface area contributed by atoms with E-state index in [1.807, 2.05) is 20.8 Å². The Hall–Kier alpha value is -1.77. The van der Waals surface area contributed by atoms with E-state index in [0.717, 1.165) is 30.6 Å². The van der Waals surface area contributed by atoms with Crippen molar-refractivity contribution in [2.75, 3.05) is 7.05 Å². The Morgan fingerprint density at radius 2 is 1.91 bits per heavy atom. The summed E-state index contributed by atoms with van der Waals surface area (Å²) in [5.74, 6) is -0.0886. The number of rotatable bonds is 4. The molecule has 1 fully saturated rings. The van der Waals surface area contributed by atoms with Crippen LogP contribution in [0.25, 0.3) is 0 Å². The summed E-state index contributed by atoms with van der Waals surface area (Å²) in [6.07, 6.45) is 6.36. The summed E-state index contributed by atoms with van der Waals surface area (Å²) >= 11 is 0. The maximum atomic E-state index is 12.2. The van der Waals surface area contributed by atoms with E-state index >= 15 is 0 Å². The van der Waals surface area contributed by atoms with Crippen LogP contribution in [-0.2, 0) is 9.53 Å². The summed E-state index contributed by atoms with van der Waals surface area (Å²) in [6, 6.07) is 0. The van der Waals surface area contributed by atoms with Crippen molar-refractivity contribution in [3.05, 3.63) is 0 Å². The smallest absolute Gasteiger partial charge is 0.408 e. The minimum absolute atomic E-state index is 0.372. The molecule has 1 N–H and O–H groups in total. The van der Waals surface area contributed by atoms with Crippen molar-refractivity contribution in [1.82, 2.24) is 10.2 Å². The lowest BCUT2D eigenvalue weighted by Crippen LogP contribution is -2.45. The molecule has 0 saturated heterocycles. The van der Waals surface area contributed by atoms with Gasteiger partial charge in [-0.15, -0.1) is 0 Å². The fourth-order valence-corrected chi connectivity index (χ4v) is 2.66. The van der Waals surface area contributed by atoms with E-state index in [1.165, 1.54) is 13.5 Å².